The maximum atomic E-state index is 12.3. The highest BCUT2D eigenvalue weighted by Gasteiger charge is 2.15. The lowest BCUT2D eigenvalue weighted by molar-refractivity contribution is -0.119. The molecule has 1 heterocycles. The fraction of sp³-hybridized carbons (Fsp3) is 0.286. The van der Waals surface area contributed by atoms with Crippen LogP contribution in [0.1, 0.15) is 29.7 Å². The minimum atomic E-state index is -0.0765. The van der Waals surface area contributed by atoms with Gasteiger partial charge in [0.2, 0.25) is 11.1 Å². The summed E-state index contributed by atoms with van der Waals surface area (Å²) in [6.45, 7) is 6.12. The Bertz CT molecular complexity index is 1020. The molecule has 0 radical (unpaired) electrons. The number of carbonyl (C=O) groups excluding carboxylic acids is 1. The van der Waals surface area contributed by atoms with E-state index in [-0.39, 0.29) is 17.7 Å². The SMILES string of the molecule is COc1ccc(Cl)cc1-c1nc(SCC(=O)NC(C)c2ccc(C)c(C)c2)n[nH]1. The van der Waals surface area contributed by atoms with Gasteiger partial charge in [-0.2, -0.15) is 0 Å². The van der Waals surface area contributed by atoms with Gasteiger partial charge >= 0.3 is 0 Å². The summed E-state index contributed by atoms with van der Waals surface area (Å²) >= 11 is 7.34. The number of hydrogen-bond donors (Lipinski definition) is 2. The first-order chi connectivity index (χ1) is 13.9. The molecule has 152 valence electrons. The van der Waals surface area contributed by atoms with Crippen molar-refractivity contribution in [1.29, 1.82) is 0 Å². The molecule has 0 spiro atoms. The topological polar surface area (TPSA) is 79.9 Å². The number of aromatic nitrogens is 3. The third-order valence-corrected chi connectivity index (χ3v) is 5.70. The number of ether oxygens (including phenoxy) is 1. The number of amides is 1. The Kier molecular flexibility index (Phi) is 6.82. The van der Waals surface area contributed by atoms with E-state index in [2.05, 4.69) is 46.5 Å². The summed E-state index contributed by atoms with van der Waals surface area (Å²) in [5.74, 6) is 1.32. The molecule has 3 rings (SSSR count). The highest BCUT2D eigenvalue weighted by atomic mass is 35.5. The van der Waals surface area contributed by atoms with Crippen molar-refractivity contribution in [1.82, 2.24) is 20.5 Å². The van der Waals surface area contributed by atoms with E-state index in [0.29, 0.717) is 27.3 Å². The van der Waals surface area contributed by atoms with Crippen molar-refractivity contribution in [3.63, 3.8) is 0 Å². The molecule has 0 fully saturated rings. The minimum absolute atomic E-state index is 0.0687. The lowest BCUT2D eigenvalue weighted by Crippen LogP contribution is -2.28. The summed E-state index contributed by atoms with van der Waals surface area (Å²) in [7, 11) is 1.58. The lowest BCUT2D eigenvalue weighted by Gasteiger charge is -2.15. The van der Waals surface area contributed by atoms with E-state index in [1.807, 2.05) is 13.0 Å². The molecule has 0 aliphatic rings. The summed E-state index contributed by atoms with van der Waals surface area (Å²) in [4.78, 5) is 16.8. The smallest absolute Gasteiger partial charge is 0.230 e. The number of rotatable bonds is 7. The van der Waals surface area contributed by atoms with Gasteiger partial charge in [-0.1, -0.05) is 41.6 Å². The van der Waals surface area contributed by atoms with Crippen LogP contribution in [0.5, 0.6) is 5.75 Å². The number of hydrogen-bond acceptors (Lipinski definition) is 5. The van der Waals surface area contributed by atoms with Crippen LogP contribution in [0.15, 0.2) is 41.6 Å². The second kappa shape index (κ2) is 9.33. The molecule has 6 nitrogen and oxygen atoms in total. The van der Waals surface area contributed by atoms with E-state index in [4.69, 9.17) is 16.3 Å². The van der Waals surface area contributed by atoms with Gasteiger partial charge in [-0.25, -0.2) is 4.98 Å². The number of aromatic amines is 1. The Balaban J connectivity index is 1.60. The fourth-order valence-corrected chi connectivity index (χ4v) is 3.61. The Morgan fingerprint density at radius 1 is 1.24 bits per heavy atom. The number of halogens is 1. The summed E-state index contributed by atoms with van der Waals surface area (Å²) in [6.07, 6.45) is 0. The van der Waals surface area contributed by atoms with Gasteiger partial charge in [0.1, 0.15) is 5.75 Å². The van der Waals surface area contributed by atoms with Gasteiger partial charge < -0.3 is 10.1 Å². The number of nitrogens with zero attached hydrogens (tertiary/aromatic N) is 2. The van der Waals surface area contributed by atoms with E-state index in [1.54, 1.807) is 25.3 Å². The van der Waals surface area contributed by atoms with Gasteiger partial charge in [-0.05, 0) is 55.7 Å². The molecular formula is C21H23ClN4O2S. The first kappa shape index (κ1) is 21.2. The molecule has 0 aliphatic heterocycles. The third-order valence-electron chi connectivity index (χ3n) is 4.62. The Morgan fingerprint density at radius 3 is 2.76 bits per heavy atom. The standard InChI is InChI=1S/C21H23ClN4O2S/c1-12-5-6-15(9-13(12)2)14(3)23-19(27)11-29-21-24-20(25-26-21)17-10-16(22)7-8-18(17)28-4/h5-10,14H,11H2,1-4H3,(H,23,27)(H,24,25,26). The van der Waals surface area contributed by atoms with Gasteiger partial charge in [-0.3, -0.25) is 9.89 Å². The number of nitrogens with one attached hydrogen (secondary N) is 2. The van der Waals surface area contributed by atoms with Crippen LogP contribution in [0.4, 0.5) is 0 Å². The fourth-order valence-electron chi connectivity index (χ4n) is 2.83. The number of methoxy groups -OCH3 is 1. The van der Waals surface area contributed by atoms with Crippen LogP contribution in [-0.2, 0) is 4.79 Å². The van der Waals surface area contributed by atoms with Crippen molar-refractivity contribution in [2.24, 2.45) is 0 Å². The quantitative estimate of drug-likeness (QED) is 0.530. The van der Waals surface area contributed by atoms with E-state index >= 15 is 0 Å². The molecule has 1 aromatic heterocycles. The molecule has 1 atom stereocenters. The molecule has 2 N–H and O–H groups in total. The van der Waals surface area contributed by atoms with Gasteiger partial charge in [0.25, 0.3) is 0 Å². The zero-order valence-corrected chi connectivity index (χ0v) is 18.3. The lowest BCUT2D eigenvalue weighted by atomic mass is 10.0. The van der Waals surface area contributed by atoms with Crippen molar-refractivity contribution in [3.8, 4) is 17.1 Å². The normalized spacial score (nSPS) is 11.9. The zero-order chi connectivity index (χ0) is 21.0. The average Bonchev–Trinajstić information content (AvgIpc) is 3.17. The van der Waals surface area contributed by atoms with Crippen LogP contribution in [0.25, 0.3) is 11.4 Å². The molecule has 0 bridgehead atoms. The first-order valence-electron chi connectivity index (χ1n) is 9.13. The Labute approximate surface area is 179 Å². The monoisotopic (exact) mass is 430 g/mol. The largest absolute Gasteiger partial charge is 0.496 e. The second-order valence-electron chi connectivity index (χ2n) is 6.73. The van der Waals surface area contributed by atoms with E-state index < -0.39 is 0 Å². The van der Waals surface area contributed by atoms with E-state index in [9.17, 15) is 4.79 Å². The van der Waals surface area contributed by atoms with Crippen molar-refractivity contribution in [2.45, 2.75) is 32.0 Å². The molecular weight excluding hydrogens is 408 g/mol. The highest BCUT2D eigenvalue weighted by Crippen LogP contribution is 2.31. The minimum Gasteiger partial charge on any atom is -0.496 e. The number of thioether (sulfide) groups is 1. The number of carbonyl (C=O) groups is 1. The van der Waals surface area contributed by atoms with E-state index in [0.717, 1.165) is 5.56 Å². The van der Waals surface area contributed by atoms with Crippen LogP contribution in [0.2, 0.25) is 5.02 Å². The molecule has 29 heavy (non-hydrogen) atoms. The highest BCUT2D eigenvalue weighted by molar-refractivity contribution is 7.99. The third kappa shape index (κ3) is 5.31. The van der Waals surface area contributed by atoms with Gasteiger partial charge in [0, 0.05) is 5.02 Å². The maximum absolute atomic E-state index is 12.3. The Hall–Kier alpha value is -2.51. The average molecular weight is 431 g/mol. The van der Waals surface area contributed by atoms with Crippen LogP contribution in [-0.4, -0.2) is 34.0 Å². The number of aryl methyl sites for hydroxylation is 2. The molecule has 3 aromatic rings. The molecule has 0 saturated heterocycles. The number of H-pyrrole nitrogens is 1. The molecule has 2 aromatic carbocycles. The molecule has 1 unspecified atom stereocenters. The second-order valence-corrected chi connectivity index (χ2v) is 8.11. The zero-order valence-electron chi connectivity index (χ0n) is 16.7. The van der Waals surface area contributed by atoms with Crippen molar-refractivity contribution < 1.29 is 9.53 Å². The van der Waals surface area contributed by atoms with Crippen molar-refractivity contribution >= 4 is 29.3 Å². The maximum Gasteiger partial charge on any atom is 0.230 e. The summed E-state index contributed by atoms with van der Waals surface area (Å²) in [6, 6.07) is 11.4. The van der Waals surface area contributed by atoms with Gasteiger partial charge in [-0.15, -0.1) is 5.10 Å². The van der Waals surface area contributed by atoms with Crippen LogP contribution in [0, 0.1) is 13.8 Å². The molecule has 0 saturated carbocycles. The van der Waals surface area contributed by atoms with Crippen LogP contribution >= 0.6 is 23.4 Å². The first-order valence-corrected chi connectivity index (χ1v) is 10.5. The van der Waals surface area contributed by atoms with Crippen LogP contribution in [0.3, 0.4) is 0 Å². The van der Waals surface area contributed by atoms with Crippen molar-refractivity contribution in [3.05, 3.63) is 58.1 Å². The summed E-state index contributed by atoms with van der Waals surface area (Å²) < 4.78 is 5.35. The molecule has 0 aliphatic carbocycles. The summed E-state index contributed by atoms with van der Waals surface area (Å²) in [5, 5.41) is 11.1. The molecule has 8 heteroatoms. The van der Waals surface area contributed by atoms with Crippen molar-refractivity contribution in [2.75, 3.05) is 12.9 Å². The predicted molar refractivity (Wildman–Crippen MR) is 117 cm³/mol. The Morgan fingerprint density at radius 2 is 2.03 bits per heavy atom. The van der Waals surface area contributed by atoms with Crippen LogP contribution < -0.4 is 10.1 Å². The van der Waals surface area contributed by atoms with Gasteiger partial charge in [0.05, 0.1) is 24.5 Å². The number of benzene rings is 2. The molecule has 1 amide bonds. The van der Waals surface area contributed by atoms with E-state index in [1.165, 1.54) is 22.9 Å². The predicted octanol–water partition coefficient (Wildman–Crippen LogP) is 4.72. The van der Waals surface area contributed by atoms with Gasteiger partial charge in [0.15, 0.2) is 5.82 Å². The summed E-state index contributed by atoms with van der Waals surface area (Å²) in [5.41, 5.74) is 4.24.